The van der Waals surface area contributed by atoms with Crippen molar-refractivity contribution in [3.05, 3.63) is 29.0 Å². The minimum Gasteiger partial charge on any atom is -0.314 e. The van der Waals surface area contributed by atoms with Crippen LogP contribution in [-0.2, 0) is 0 Å². The van der Waals surface area contributed by atoms with Crippen molar-refractivity contribution in [2.75, 3.05) is 31.5 Å². The summed E-state index contributed by atoms with van der Waals surface area (Å²) in [6, 6.07) is 2.88. The average molecular weight is 362 g/mol. The lowest BCUT2D eigenvalue weighted by atomic mass is 10.2. The molecule has 0 unspecified atom stereocenters. The molecule has 2 aliphatic heterocycles. The molecule has 0 spiro atoms. The van der Waals surface area contributed by atoms with Crippen LogP contribution in [0.15, 0.2) is 18.2 Å². The van der Waals surface area contributed by atoms with Crippen LogP contribution < -0.4 is 5.32 Å². The summed E-state index contributed by atoms with van der Waals surface area (Å²) >= 11 is 5.68. The van der Waals surface area contributed by atoms with Gasteiger partial charge in [0.2, 0.25) is 0 Å². The van der Waals surface area contributed by atoms with Gasteiger partial charge in [-0.3, -0.25) is 0 Å². The SMILES string of the molecule is O=C(Nc1cccc(Cl)c1F)N1CC(F)(F)C[C@H]1CN1CCCC1. The van der Waals surface area contributed by atoms with Crippen molar-refractivity contribution in [3.63, 3.8) is 0 Å². The Morgan fingerprint density at radius 1 is 1.33 bits per heavy atom. The predicted molar refractivity (Wildman–Crippen MR) is 86.2 cm³/mol. The smallest absolute Gasteiger partial charge is 0.314 e. The Morgan fingerprint density at radius 2 is 2.04 bits per heavy atom. The van der Waals surface area contributed by atoms with E-state index < -0.39 is 30.4 Å². The van der Waals surface area contributed by atoms with Crippen LogP contribution in [0.5, 0.6) is 0 Å². The molecule has 0 bridgehead atoms. The molecule has 24 heavy (non-hydrogen) atoms. The molecule has 0 aliphatic carbocycles. The molecule has 2 fully saturated rings. The first-order valence-corrected chi connectivity index (χ1v) is 8.35. The van der Waals surface area contributed by atoms with Crippen molar-refractivity contribution in [1.29, 1.82) is 0 Å². The zero-order valence-electron chi connectivity index (χ0n) is 13.1. The lowest BCUT2D eigenvalue weighted by Gasteiger charge is -2.28. The highest BCUT2D eigenvalue weighted by Crippen LogP contribution is 2.33. The summed E-state index contributed by atoms with van der Waals surface area (Å²) in [5, 5.41) is 2.23. The Balaban J connectivity index is 1.72. The number of likely N-dealkylation sites (tertiary alicyclic amines) is 2. The fourth-order valence-corrected chi connectivity index (χ4v) is 3.52. The summed E-state index contributed by atoms with van der Waals surface area (Å²) in [7, 11) is 0. The molecule has 0 aromatic heterocycles. The van der Waals surface area contributed by atoms with Gasteiger partial charge in [0, 0.05) is 13.0 Å². The van der Waals surface area contributed by atoms with Crippen molar-refractivity contribution in [2.24, 2.45) is 0 Å². The molecule has 132 valence electrons. The zero-order chi connectivity index (χ0) is 17.3. The molecule has 1 aromatic rings. The van der Waals surface area contributed by atoms with Crippen LogP contribution in [0.1, 0.15) is 19.3 Å². The van der Waals surface area contributed by atoms with E-state index in [1.807, 2.05) is 0 Å². The maximum atomic E-state index is 13.9. The normalized spacial score (nSPS) is 23.7. The summed E-state index contributed by atoms with van der Waals surface area (Å²) < 4.78 is 41.6. The molecular weight excluding hydrogens is 343 g/mol. The number of rotatable bonds is 3. The highest BCUT2D eigenvalue weighted by molar-refractivity contribution is 6.31. The second-order valence-electron chi connectivity index (χ2n) is 6.38. The Bertz CT molecular complexity index is 623. The number of halogens is 4. The Morgan fingerprint density at radius 3 is 2.75 bits per heavy atom. The molecule has 8 heteroatoms. The second-order valence-corrected chi connectivity index (χ2v) is 6.79. The number of urea groups is 1. The number of hydrogen-bond acceptors (Lipinski definition) is 2. The number of carbonyl (C=O) groups excluding carboxylic acids is 1. The molecule has 1 N–H and O–H groups in total. The van der Waals surface area contributed by atoms with Crippen LogP contribution in [0.3, 0.4) is 0 Å². The minimum atomic E-state index is -2.92. The molecule has 0 radical (unpaired) electrons. The highest BCUT2D eigenvalue weighted by atomic mass is 35.5. The van der Waals surface area contributed by atoms with E-state index in [1.165, 1.54) is 18.2 Å². The van der Waals surface area contributed by atoms with E-state index in [2.05, 4.69) is 10.2 Å². The quantitative estimate of drug-likeness (QED) is 0.888. The Kier molecular flexibility index (Phi) is 4.92. The number of carbonyl (C=O) groups is 1. The summed E-state index contributed by atoms with van der Waals surface area (Å²) in [5.41, 5.74) is -0.109. The fourth-order valence-electron chi connectivity index (χ4n) is 3.35. The fraction of sp³-hybridized carbons (Fsp3) is 0.562. The lowest BCUT2D eigenvalue weighted by Crippen LogP contribution is -2.44. The molecule has 2 amide bonds. The number of nitrogens with zero attached hydrogens (tertiary/aromatic N) is 2. The van der Waals surface area contributed by atoms with Gasteiger partial charge < -0.3 is 15.1 Å². The van der Waals surface area contributed by atoms with Gasteiger partial charge in [-0.05, 0) is 38.1 Å². The third kappa shape index (κ3) is 3.78. The predicted octanol–water partition coefficient (Wildman–Crippen LogP) is 3.82. The van der Waals surface area contributed by atoms with Crippen molar-refractivity contribution in [3.8, 4) is 0 Å². The van der Waals surface area contributed by atoms with E-state index in [0.717, 1.165) is 30.8 Å². The van der Waals surface area contributed by atoms with Gasteiger partial charge in [-0.1, -0.05) is 17.7 Å². The monoisotopic (exact) mass is 361 g/mol. The molecule has 4 nitrogen and oxygen atoms in total. The Labute approximate surface area is 143 Å². The largest absolute Gasteiger partial charge is 0.322 e. The van der Waals surface area contributed by atoms with Crippen LogP contribution in [0.2, 0.25) is 5.02 Å². The third-order valence-corrected chi connectivity index (χ3v) is 4.79. The van der Waals surface area contributed by atoms with Gasteiger partial charge in [-0.25, -0.2) is 18.0 Å². The molecule has 1 aromatic carbocycles. The summed E-state index contributed by atoms with van der Waals surface area (Å²) in [5.74, 6) is -3.69. The Hall–Kier alpha value is -1.47. The summed E-state index contributed by atoms with van der Waals surface area (Å²) in [4.78, 5) is 15.6. The molecule has 1 atom stereocenters. The van der Waals surface area contributed by atoms with Crippen molar-refractivity contribution < 1.29 is 18.0 Å². The van der Waals surface area contributed by atoms with Crippen LogP contribution in [0, 0.1) is 5.82 Å². The van der Waals surface area contributed by atoms with Gasteiger partial charge in [-0.2, -0.15) is 0 Å². The third-order valence-electron chi connectivity index (χ3n) is 4.50. The van der Waals surface area contributed by atoms with Crippen LogP contribution >= 0.6 is 11.6 Å². The number of amides is 2. The van der Waals surface area contributed by atoms with E-state index in [0.29, 0.717) is 6.54 Å². The molecule has 2 heterocycles. The summed E-state index contributed by atoms with van der Waals surface area (Å²) in [6.07, 6.45) is 1.72. The number of anilines is 1. The topological polar surface area (TPSA) is 35.6 Å². The van der Waals surface area contributed by atoms with E-state index >= 15 is 0 Å². The molecule has 0 saturated carbocycles. The highest BCUT2D eigenvalue weighted by Gasteiger charge is 2.47. The number of hydrogen-bond donors (Lipinski definition) is 1. The second kappa shape index (κ2) is 6.80. The number of alkyl halides is 2. The van der Waals surface area contributed by atoms with Crippen molar-refractivity contribution in [2.45, 2.75) is 31.2 Å². The van der Waals surface area contributed by atoms with E-state index in [-0.39, 0.29) is 17.1 Å². The summed E-state index contributed by atoms with van der Waals surface area (Å²) in [6.45, 7) is 1.49. The lowest BCUT2D eigenvalue weighted by molar-refractivity contribution is 0.0148. The number of nitrogens with one attached hydrogen (secondary N) is 1. The minimum absolute atomic E-state index is 0.109. The standard InChI is InChI=1S/C16H19ClF3N3O/c17-12-4-3-5-13(14(12)18)21-15(24)23-10-16(19,20)8-11(23)9-22-6-1-2-7-22/h3-5,11H,1-2,6-10H2,(H,21,24)/t11-/m0/s1. The maximum absolute atomic E-state index is 13.9. The van der Waals surface area contributed by atoms with Gasteiger partial charge in [0.05, 0.1) is 23.3 Å². The zero-order valence-corrected chi connectivity index (χ0v) is 13.8. The number of benzene rings is 1. The van der Waals surface area contributed by atoms with Gasteiger partial charge >= 0.3 is 6.03 Å². The van der Waals surface area contributed by atoms with Crippen molar-refractivity contribution in [1.82, 2.24) is 9.80 Å². The molecule has 2 saturated heterocycles. The van der Waals surface area contributed by atoms with Gasteiger partial charge in [0.15, 0.2) is 5.82 Å². The van der Waals surface area contributed by atoms with Crippen LogP contribution in [0.4, 0.5) is 23.7 Å². The average Bonchev–Trinajstić information content (AvgIpc) is 3.11. The van der Waals surface area contributed by atoms with E-state index in [9.17, 15) is 18.0 Å². The maximum Gasteiger partial charge on any atom is 0.322 e. The van der Waals surface area contributed by atoms with Crippen molar-refractivity contribution >= 4 is 23.3 Å². The van der Waals surface area contributed by atoms with Crippen LogP contribution in [-0.4, -0.2) is 54.0 Å². The first-order chi connectivity index (χ1) is 11.4. The van der Waals surface area contributed by atoms with Gasteiger partial charge in [-0.15, -0.1) is 0 Å². The van der Waals surface area contributed by atoms with E-state index in [1.54, 1.807) is 0 Å². The molecule has 3 rings (SSSR count). The first-order valence-electron chi connectivity index (χ1n) is 7.97. The van der Waals surface area contributed by atoms with Crippen LogP contribution in [0.25, 0.3) is 0 Å². The molecule has 2 aliphatic rings. The molecular formula is C16H19ClF3N3O. The first kappa shape index (κ1) is 17.4. The van der Waals surface area contributed by atoms with Gasteiger partial charge in [0.1, 0.15) is 0 Å². The van der Waals surface area contributed by atoms with E-state index in [4.69, 9.17) is 11.6 Å². The van der Waals surface area contributed by atoms with Gasteiger partial charge in [0.25, 0.3) is 5.92 Å².